The number of esters is 1. The molecule has 1 aromatic rings. The molecule has 1 unspecified atom stereocenters. The van der Waals surface area contributed by atoms with Crippen molar-refractivity contribution in [3.05, 3.63) is 33.4 Å². The van der Waals surface area contributed by atoms with Gasteiger partial charge in [0.15, 0.2) is 0 Å². The van der Waals surface area contributed by atoms with E-state index in [1.807, 2.05) is 24.3 Å². The van der Waals surface area contributed by atoms with E-state index in [0.29, 0.717) is 13.0 Å². The molecule has 0 aliphatic heterocycles. The number of ether oxygens (including phenoxy) is 1. The van der Waals surface area contributed by atoms with Gasteiger partial charge in [0.25, 0.3) is 0 Å². The first kappa shape index (κ1) is 14.2. The van der Waals surface area contributed by atoms with Crippen LogP contribution in [-0.4, -0.2) is 18.4 Å². The molecule has 0 saturated heterocycles. The lowest BCUT2D eigenvalue weighted by Crippen LogP contribution is -2.26. The van der Waals surface area contributed by atoms with Crippen LogP contribution in [0.2, 0.25) is 0 Å². The number of hydrogen-bond acceptors (Lipinski definition) is 3. The standard InChI is InChI=1S/C13H15IO3/c1-3-17-13(16)12(9(2)15)8-10-4-6-11(14)7-5-10/h4-7,12H,3,8H2,1-2H3. The van der Waals surface area contributed by atoms with E-state index in [-0.39, 0.29) is 5.78 Å². The summed E-state index contributed by atoms with van der Waals surface area (Å²) in [4.78, 5) is 23.0. The second-order valence-electron chi connectivity index (χ2n) is 3.75. The Bertz CT molecular complexity index is 398. The summed E-state index contributed by atoms with van der Waals surface area (Å²) in [6.07, 6.45) is 0.408. The van der Waals surface area contributed by atoms with Crippen LogP contribution in [0, 0.1) is 9.49 Å². The zero-order chi connectivity index (χ0) is 12.8. The maximum Gasteiger partial charge on any atom is 0.316 e. The molecule has 3 nitrogen and oxygen atoms in total. The molecule has 92 valence electrons. The van der Waals surface area contributed by atoms with Crippen LogP contribution in [0.3, 0.4) is 0 Å². The van der Waals surface area contributed by atoms with Gasteiger partial charge in [0.1, 0.15) is 11.7 Å². The van der Waals surface area contributed by atoms with Gasteiger partial charge in [-0.3, -0.25) is 9.59 Å². The number of benzene rings is 1. The molecule has 0 N–H and O–H groups in total. The molecule has 0 aliphatic carbocycles. The topological polar surface area (TPSA) is 43.4 Å². The Hall–Kier alpha value is -0.910. The molecule has 0 amide bonds. The predicted octanol–water partition coefficient (Wildman–Crippen LogP) is 2.60. The largest absolute Gasteiger partial charge is 0.465 e. The van der Waals surface area contributed by atoms with Crippen molar-refractivity contribution in [1.82, 2.24) is 0 Å². The monoisotopic (exact) mass is 346 g/mol. The first-order chi connectivity index (χ1) is 8.04. The zero-order valence-electron chi connectivity index (χ0n) is 9.90. The van der Waals surface area contributed by atoms with Crippen LogP contribution in [0.4, 0.5) is 0 Å². The highest BCUT2D eigenvalue weighted by Crippen LogP contribution is 2.14. The van der Waals surface area contributed by atoms with Crippen LogP contribution in [0.5, 0.6) is 0 Å². The summed E-state index contributed by atoms with van der Waals surface area (Å²) in [5, 5.41) is 0. The van der Waals surface area contributed by atoms with Gasteiger partial charge < -0.3 is 4.74 Å². The van der Waals surface area contributed by atoms with Crippen LogP contribution in [0.25, 0.3) is 0 Å². The average Bonchev–Trinajstić information content (AvgIpc) is 2.28. The molecule has 1 rings (SSSR count). The molecule has 1 atom stereocenters. The number of carbonyl (C=O) groups excluding carboxylic acids is 2. The van der Waals surface area contributed by atoms with E-state index < -0.39 is 11.9 Å². The molecule has 0 aliphatic rings. The van der Waals surface area contributed by atoms with Crippen LogP contribution >= 0.6 is 22.6 Å². The fourth-order valence-corrected chi connectivity index (χ4v) is 1.85. The highest BCUT2D eigenvalue weighted by molar-refractivity contribution is 14.1. The molecule has 0 fully saturated rings. The highest BCUT2D eigenvalue weighted by Gasteiger charge is 2.24. The van der Waals surface area contributed by atoms with E-state index in [1.165, 1.54) is 6.92 Å². The number of hydrogen-bond donors (Lipinski definition) is 0. The van der Waals surface area contributed by atoms with E-state index >= 15 is 0 Å². The van der Waals surface area contributed by atoms with Crippen molar-refractivity contribution in [3.63, 3.8) is 0 Å². The van der Waals surface area contributed by atoms with Gasteiger partial charge in [-0.25, -0.2) is 0 Å². The van der Waals surface area contributed by atoms with Crippen LogP contribution in [0.15, 0.2) is 24.3 Å². The number of halogens is 1. The second kappa shape index (κ2) is 6.74. The van der Waals surface area contributed by atoms with Crippen LogP contribution in [-0.2, 0) is 20.7 Å². The van der Waals surface area contributed by atoms with E-state index in [0.717, 1.165) is 9.13 Å². The van der Waals surface area contributed by atoms with Crippen molar-refractivity contribution in [2.45, 2.75) is 20.3 Å². The van der Waals surface area contributed by atoms with Crippen molar-refractivity contribution in [1.29, 1.82) is 0 Å². The van der Waals surface area contributed by atoms with Gasteiger partial charge in [-0.05, 0) is 60.6 Å². The van der Waals surface area contributed by atoms with Crippen molar-refractivity contribution >= 4 is 34.3 Å². The minimum absolute atomic E-state index is 0.151. The Kier molecular flexibility index (Phi) is 5.61. The third-order valence-electron chi connectivity index (χ3n) is 2.41. The normalized spacial score (nSPS) is 11.9. The Morgan fingerprint density at radius 3 is 2.35 bits per heavy atom. The molecule has 1 aromatic carbocycles. The number of Topliss-reactive ketones (excluding diaryl/α,β-unsaturated/α-hetero) is 1. The number of ketones is 1. The lowest BCUT2D eigenvalue weighted by Gasteiger charge is -2.12. The highest BCUT2D eigenvalue weighted by atomic mass is 127. The molecular formula is C13H15IO3. The molecule has 4 heteroatoms. The Balaban J connectivity index is 2.76. The molecule has 0 radical (unpaired) electrons. The third-order valence-corrected chi connectivity index (χ3v) is 3.13. The van der Waals surface area contributed by atoms with Crippen molar-refractivity contribution in [3.8, 4) is 0 Å². The quantitative estimate of drug-likeness (QED) is 0.468. The summed E-state index contributed by atoms with van der Waals surface area (Å²) in [6.45, 7) is 3.46. The Labute approximate surface area is 115 Å². The molecule has 0 bridgehead atoms. The Morgan fingerprint density at radius 2 is 1.88 bits per heavy atom. The summed E-state index contributed by atoms with van der Waals surface area (Å²) >= 11 is 2.21. The SMILES string of the molecule is CCOC(=O)C(Cc1ccc(I)cc1)C(C)=O. The lowest BCUT2D eigenvalue weighted by atomic mass is 9.96. The lowest BCUT2D eigenvalue weighted by molar-refractivity contribution is -0.151. The molecule has 17 heavy (non-hydrogen) atoms. The average molecular weight is 346 g/mol. The minimum atomic E-state index is -0.685. The predicted molar refractivity (Wildman–Crippen MR) is 73.7 cm³/mol. The van der Waals surface area contributed by atoms with Gasteiger partial charge in [0.05, 0.1) is 6.61 Å². The summed E-state index contributed by atoms with van der Waals surface area (Å²) in [6, 6.07) is 7.77. The number of rotatable bonds is 5. The Morgan fingerprint density at radius 1 is 1.29 bits per heavy atom. The van der Waals surface area contributed by atoms with Crippen molar-refractivity contribution < 1.29 is 14.3 Å². The van der Waals surface area contributed by atoms with Gasteiger partial charge >= 0.3 is 5.97 Å². The first-order valence-electron chi connectivity index (χ1n) is 5.46. The van der Waals surface area contributed by atoms with E-state index in [9.17, 15) is 9.59 Å². The van der Waals surface area contributed by atoms with Crippen molar-refractivity contribution in [2.24, 2.45) is 5.92 Å². The summed E-state index contributed by atoms with van der Waals surface area (Å²) in [7, 11) is 0. The molecular weight excluding hydrogens is 331 g/mol. The summed E-state index contributed by atoms with van der Waals surface area (Å²) in [5.41, 5.74) is 0.971. The fraction of sp³-hybridized carbons (Fsp3) is 0.385. The van der Waals surface area contributed by atoms with Crippen LogP contribution < -0.4 is 0 Å². The maximum absolute atomic E-state index is 11.6. The fourth-order valence-electron chi connectivity index (χ4n) is 1.49. The van der Waals surface area contributed by atoms with Gasteiger partial charge in [0, 0.05) is 3.57 Å². The number of carbonyl (C=O) groups is 2. The van der Waals surface area contributed by atoms with Gasteiger partial charge in [-0.1, -0.05) is 12.1 Å². The molecule has 0 saturated carbocycles. The van der Waals surface area contributed by atoms with E-state index in [4.69, 9.17) is 4.74 Å². The van der Waals surface area contributed by atoms with E-state index in [1.54, 1.807) is 6.92 Å². The molecule has 0 heterocycles. The first-order valence-corrected chi connectivity index (χ1v) is 6.54. The maximum atomic E-state index is 11.6. The minimum Gasteiger partial charge on any atom is -0.465 e. The molecule has 0 aromatic heterocycles. The summed E-state index contributed by atoms with van der Waals surface area (Å²) in [5.74, 6) is -1.27. The van der Waals surface area contributed by atoms with Gasteiger partial charge in [-0.15, -0.1) is 0 Å². The third kappa shape index (κ3) is 4.46. The van der Waals surface area contributed by atoms with Gasteiger partial charge in [-0.2, -0.15) is 0 Å². The van der Waals surface area contributed by atoms with E-state index in [2.05, 4.69) is 22.6 Å². The zero-order valence-corrected chi connectivity index (χ0v) is 12.1. The summed E-state index contributed by atoms with van der Waals surface area (Å²) < 4.78 is 6.03. The molecule has 0 spiro atoms. The van der Waals surface area contributed by atoms with Gasteiger partial charge in [0.2, 0.25) is 0 Å². The smallest absolute Gasteiger partial charge is 0.316 e. The van der Waals surface area contributed by atoms with Crippen LogP contribution in [0.1, 0.15) is 19.4 Å². The second-order valence-corrected chi connectivity index (χ2v) is 4.99. The van der Waals surface area contributed by atoms with Crippen molar-refractivity contribution in [2.75, 3.05) is 6.61 Å².